The Bertz CT molecular complexity index is 2390. The van der Waals surface area contributed by atoms with Gasteiger partial charge in [0.05, 0.1) is 0 Å². The van der Waals surface area contributed by atoms with Crippen molar-refractivity contribution in [3.63, 3.8) is 0 Å². The maximum absolute atomic E-state index is 2.47. The second-order valence-corrected chi connectivity index (χ2v) is 12.5. The Morgan fingerprint density at radius 2 is 0.860 bits per heavy atom. The van der Waals surface area contributed by atoms with Crippen LogP contribution < -0.4 is 0 Å². The summed E-state index contributed by atoms with van der Waals surface area (Å²) >= 11 is 0. The molecule has 0 saturated carbocycles. The summed E-state index contributed by atoms with van der Waals surface area (Å²) in [5.74, 6) is 0. The molecule has 0 radical (unpaired) electrons. The summed E-state index contributed by atoms with van der Waals surface area (Å²) in [7, 11) is 0. The van der Waals surface area contributed by atoms with E-state index in [0.29, 0.717) is 0 Å². The van der Waals surface area contributed by atoms with E-state index in [0.717, 1.165) is 0 Å². The Labute approximate surface area is 251 Å². The monoisotopic (exact) mass is 546 g/mol. The molecule has 0 heteroatoms. The molecule has 43 heavy (non-hydrogen) atoms. The maximum Gasteiger partial charge on any atom is 0.0159 e. The van der Waals surface area contributed by atoms with Gasteiger partial charge in [-0.25, -0.2) is 0 Å². The third-order valence-corrected chi connectivity index (χ3v) is 9.84. The van der Waals surface area contributed by atoms with Gasteiger partial charge in [-0.3, -0.25) is 0 Å². The van der Waals surface area contributed by atoms with Crippen molar-refractivity contribution in [3.05, 3.63) is 157 Å². The summed E-state index contributed by atoms with van der Waals surface area (Å²) in [5, 5.41) is 10.5. The zero-order valence-electron chi connectivity index (χ0n) is 24.4. The SMILES string of the molecule is CC1(C)c2ccccc2-c2c1cc(-c1cccc(-c3ccc4c5ccccc5c5ccccc5c4c3)c1)c1ccccc21. The van der Waals surface area contributed by atoms with Crippen LogP contribution in [0.5, 0.6) is 0 Å². The fourth-order valence-electron chi connectivity index (χ4n) is 7.74. The van der Waals surface area contributed by atoms with Gasteiger partial charge in [0, 0.05) is 5.41 Å². The van der Waals surface area contributed by atoms with E-state index in [1.807, 2.05) is 0 Å². The molecule has 0 atom stereocenters. The molecule has 202 valence electrons. The molecule has 0 bridgehead atoms. The molecule has 0 amide bonds. The van der Waals surface area contributed by atoms with Gasteiger partial charge in [-0.1, -0.05) is 141 Å². The Morgan fingerprint density at radius 1 is 0.326 bits per heavy atom. The van der Waals surface area contributed by atoms with Crippen LogP contribution in [0, 0.1) is 0 Å². The van der Waals surface area contributed by atoms with Gasteiger partial charge >= 0.3 is 0 Å². The molecule has 0 aromatic heterocycles. The lowest BCUT2D eigenvalue weighted by atomic mass is 9.80. The van der Waals surface area contributed by atoms with Crippen LogP contribution in [-0.4, -0.2) is 0 Å². The minimum atomic E-state index is -0.0511. The minimum absolute atomic E-state index is 0.0511. The summed E-state index contributed by atoms with van der Waals surface area (Å²) in [5.41, 5.74) is 10.6. The number of hydrogen-bond acceptors (Lipinski definition) is 0. The third-order valence-electron chi connectivity index (χ3n) is 9.84. The molecular formula is C43H30. The molecule has 0 heterocycles. The van der Waals surface area contributed by atoms with Crippen LogP contribution in [0.1, 0.15) is 25.0 Å². The van der Waals surface area contributed by atoms with Crippen molar-refractivity contribution in [2.24, 2.45) is 0 Å². The average Bonchev–Trinajstić information content (AvgIpc) is 3.30. The molecule has 0 fully saturated rings. The Balaban J connectivity index is 1.26. The molecule has 0 N–H and O–H groups in total. The topological polar surface area (TPSA) is 0 Å². The van der Waals surface area contributed by atoms with E-state index in [9.17, 15) is 0 Å². The van der Waals surface area contributed by atoms with E-state index >= 15 is 0 Å². The zero-order chi connectivity index (χ0) is 28.7. The molecule has 9 rings (SSSR count). The van der Waals surface area contributed by atoms with Crippen LogP contribution in [0.25, 0.3) is 76.5 Å². The second-order valence-electron chi connectivity index (χ2n) is 12.5. The Kier molecular flexibility index (Phi) is 5.05. The predicted molar refractivity (Wildman–Crippen MR) is 185 cm³/mol. The molecule has 0 unspecified atom stereocenters. The van der Waals surface area contributed by atoms with Crippen molar-refractivity contribution in [2.75, 3.05) is 0 Å². The lowest BCUT2D eigenvalue weighted by Crippen LogP contribution is -2.15. The molecule has 1 aliphatic rings. The quantitative estimate of drug-likeness (QED) is 0.189. The standard InChI is InChI=1S/C43H30/c1-43(2)40-21-10-9-20-37(40)42-36-19-8-7-18-34(36)38(26-41(42)43)29-13-11-12-27(24-29)28-22-23-35-32-16-4-3-14-30(32)31-15-5-6-17-33(31)39(35)25-28/h3-26H,1-2H3. The van der Waals surface area contributed by atoms with Crippen LogP contribution in [0.15, 0.2) is 146 Å². The van der Waals surface area contributed by atoms with Crippen LogP contribution in [0.3, 0.4) is 0 Å². The van der Waals surface area contributed by atoms with E-state index < -0.39 is 0 Å². The second kappa shape index (κ2) is 8.90. The molecule has 8 aromatic rings. The molecule has 0 aliphatic heterocycles. The highest BCUT2D eigenvalue weighted by Crippen LogP contribution is 2.53. The summed E-state index contributed by atoms with van der Waals surface area (Å²) in [4.78, 5) is 0. The van der Waals surface area contributed by atoms with E-state index in [4.69, 9.17) is 0 Å². The number of fused-ring (bicyclic) bond motifs is 11. The van der Waals surface area contributed by atoms with Gasteiger partial charge in [-0.15, -0.1) is 0 Å². The van der Waals surface area contributed by atoms with Crippen molar-refractivity contribution in [1.29, 1.82) is 0 Å². The van der Waals surface area contributed by atoms with Gasteiger partial charge in [0.25, 0.3) is 0 Å². The van der Waals surface area contributed by atoms with Gasteiger partial charge in [0.1, 0.15) is 0 Å². The van der Waals surface area contributed by atoms with Gasteiger partial charge in [-0.2, -0.15) is 0 Å². The first-order valence-electron chi connectivity index (χ1n) is 15.2. The van der Waals surface area contributed by atoms with Crippen LogP contribution >= 0.6 is 0 Å². The van der Waals surface area contributed by atoms with Crippen molar-refractivity contribution >= 4 is 43.1 Å². The lowest BCUT2D eigenvalue weighted by molar-refractivity contribution is 0.661. The van der Waals surface area contributed by atoms with Gasteiger partial charge < -0.3 is 0 Å². The highest BCUT2D eigenvalue weighted by Gasteiger charge is 2.36. The first-order valence-corrected chi connectivity index (χ1v) is 15.2. The fourth-order valence-corrected chi connectivity index (χ4v) is 7.74. The minimum Gasteiger partial charge on any atom is -0.0619 e. The van der Waals surface area contributed by atoms with E-state index in [1.54, 1.807) is 0 Å². The highest BCUT2D eigenvalue weighted by molar-refractivity contribution is 6.25. The molecule has 0 saturated heterocycles. The zero-order valence-corrected chi connectivity index (χ0v) is 24.4. The Morgan fingerprint density at radius 3 is 1.58 bits per heavy atom. The normalized spacial score (nSPS) is 13.5. The van der Waals surface area contributed by atoms with Crippen LogP contribution in [0.4, 0.5) is 0 Å². The third kappa shape index (κ3) is 3.44. The van der Waals surface area contributed by atoms with E-state index in [-0.39, 0.29) is 5.41 Å². The average molecular weight is 547 g/mol. The fraction of sp³-hybridized carbons (Fsp3) is 0.0698. The predicted octanol–water partition coefficient (Wildman–Crippen LogP) is 11.9. The first-order chi connectivity index (χ1) is 21.1. The summed E-state index contributed by atoms with van der Waals surface area (Å²) < 4.78 is 0. The largest absolute Gasteiger partial charge is 0.0619 e. The lowest BCUT2D eigenvalue weighted by Gasteiger charge is -2.23. The van der Waals surface area contributed by atoms with E-state index in [1.165, 1.54) is 87.6 Å². The van der Waals surface area contributed by atoms with Crippen molar-refractivity contribution in [3.8, 4) is 33.4 Å². The summed E-state index contributed by atoms with van der Waals surface area (Å²) in [6, 6.07) is 54.1. The smallest absolute Gasteiger partial charge is 0.0159 e. The van der Waals surface area contributed by atoms with Crippen LogP contribution in [-0.2, 0) is 5.41 Å². The van der Waals surface area contributed by atoms with Gasteiger partial charge in [0.2, 0.25) is 0 Å². The van der Waals surface area contributed by atoms with Crippen LogP contribution in [0.2, 0.25) is 0 Å². The van der Waals surface area contributed by atoms with Crippen molar-refractivity contribution in [1.82, 2.24) is 0 Å². The Hall–Kier alpha value is -5.20. The number of hydrogen-bond donors (Lipinski definition) is 0. The molecular weight excluding hydrogens is 516 g/mol. The van der Waals surface area contributed by atoms with Gasteiger partial charge in [0.15, 0.2) is 0 Å². The molecule has 8 aromatic carbocycles. The first kappa shape index (κ1) is 24.4. The highest BCUT2D eigenvalue weighted by atomic mass is 14.4. The van der Waals surface area contributed by atoms with Crippen molar-refractivity contribution in [2.45, 2.75) is 19.3 Å². The summed E-state index contributed by atoms with van der Waals surface area (Å²) in [6.07, 6.45) is 0. The molecule has 0 nitrogen and oxygen atoms in total. The van der Waals surface area contributed by atoms with Crippen molar-refractivity contribution < 1.29 is 0 Å². The molecule has 0 spiro atoms. The maximum atomic E-state index is 2.47. The number of benzene rings is 8. The number of rotatable bonds is 2. The summed E-state index contributed by atoms with van der Waals surface area (Å²) in [6.45, 7) is 4.74. The molecule has 1 aliphatic carbocycles. The van der Waals surface area contributed by atoms with Gasteiger partial charge in [-0.05, 0) is 106 Å². The van der Waals surface area contributed by atoms with E-state index in [2.05, 4.69) is 159 Å².